The number of nitrogens with zero attached hydrogens (tertiary/aromatic N) is 1. The van der Waals surface area contributed by atoms with E-state index in [0.29, 0.717) is 16.9 Å². The van der Waals surface area contributed by atoms with E-state index in [-0.39, 0.29) is 5.75 Å². The van der Waals surface area contributed by atoms with Gasteiger partial charge in [0, 0.05) is 17.3 Å². The summed E-state index contributed by atoms with van der Waals surface area (Å²) in [7, 11) is 1.52. The van der Waals surface area contributed by atoms with Crippen molar-refractivity contribution in [2.75, 3.05) is 7.11 Å². The van der Waals surface area contributed by atoms with Gasteiger partial charge in [0.2, 0.25) is 0 Å². The zero-order valence-electron chi connectivity index (χ0n) is 8.64. The summed E-state index contributed by atoms with van der Waals surface area (Å²) in [5.74, 6) is 0.160. The Hall–Kier alpha value is -2.10. The van der Waals surface area contributed by atoms with Crippen LogP contribution in [0.15, 0.2) is 36.7 Å². The van der Waals surface area contributed by atoms with E-state index in [1.165, 1.54) is 31.5 Å². The Morgan fingerprint density at radius 3 is 2.81 bits per heavy atom. The summed E-state index contributed by atoms with van der Waals surface area (Å²) >= 11 is 0. The van der Waals surface area contributed by atoms with Crippen LogP contribution in [0.4, 0.5) is 4.39 Å². The fourth-order valence-corrected chi connectivity index (χ4v) is 1.42. The number of ether oxygens (including phenoxy) is 1. The number of benzene rings is 1. The molecule has 0 bridgehead atoms. The Labute approximate surface area is 92.1 Å². The molecule has 0 saturated heterocycles. The molecule has 0 aliphatic heterocycles. The molecule has 16 heavy (non-hydrogen) atoms. The monoisotopic (exact) mass is 219 g/mol. The molecule has 0 amide bonds. The Bertz CT molecular complexity index is 514. The minimum Gasteiger partial charge on any atom is -0.507 e. The molecule has 0 unspecified atom stereocenters. The number of halogens is 1. The average Bonchev–Trinajstić information content (AvgIpc) is 2.32. The molecule has 2 aromatic rings. The second-order valence-corrected chi connectivity index (χ2v) is 3.27. The molecule has 0 radical (unpaired) electrons. The zero-order chi connectivity index (χ0) is 11.5. The van der Waals surface area contributed by atoms with E-state index >= 15 is 0 Å². The largest absolute Gasteiger partial charge is 0.507 e. The number of phenolic OH excluding ortho intramolecular Hbond substituents is 1. The fourth-order valence-electron chi connectivity index (χ4n) is 1.42. The van der Waals surface area contributed by atoms with Gasteiger partial charge < -0.3 is 9.84 Å². The number of pyridine rings is 1. The predicted molar refractivity (Wildman–Crippen MR) is 57.8 cm³/mol. The third kappa shape index (κ3) is 1.95. The number of aromatic hydroxyl groups is 1. The summed E-state index contributed by atoms with van der Waals surface area (Å²) in [6, 6.07) is 5.45. The predicted octanol–water partition coefficient (Wildman–Crippen LogP) is 2.60. The molecule has 1 aromatic heterocycles. The molecular weight excluding hydrogens is 209 g/mol. The minimum absolute atomic E-state index is 0.0106. The summed E-state index contributed by atoms with van der Waals surface area (Å²) in [4.78, 5) is 3.94. The lowest BCUT2D eigenvalue weighted by atomic mass is 10.1. The molecule has 82 valence electrons. The fraction of sp³-hybridized carbons (Fsp3) is 0.0833. The highest BCUT2D eigenvalue weighted by atomic mass is 19.1. The third-order valence-corrected chi connectivity index (χ3v) is 2.22. The van der Waals surface area contributed by atoms with Gasteiger partial charge in [0.15, 0.2) is 0 Å². The van der Waals surface area contributed by atoms with Gasteiger partial charge in [0.05, 0.1) is 13.3 Å². The van der Waals surface area contributed by atoms with Gasteiger partial charge in [0.1, 0.15) is 17.3 Å². The molecule has 2 rings (SSSR count). The van der Waals surface area contributed by atoms with E-state index in [1.807, 2.05) is 0 Å². The molecule has 1 N–H and O–H groups in total. The Kier molecular flexibility index (Phi) is 2.72. The first-order valence-corrected chi connectivity index (χ1v) is 4.68. The maximum Gasteiger partial charge on any atom is 0.137 e. The Balaban J connectivity index is 2.53. The summed E-state index contributed by atoms with van der Waals surface area (Å²) < 4.78 is 18.1. The van der Waals surface area contributed by atoms with Crippen LogP contribution in [-0.4, -0.2) is 17.2 Å². The number of methoxy groups -OCH3 is 1. The van der Waals surface area contributed by atoms with Crippen LogP contribution in [0, 0.1) is 5.82 Å². The molecule has 0 aliphatic carbocycles. The first-order valence-electron chi connectivity index (χ1n) is 4.68. The smallest absolute Gasteiger partial charge is 0.137 e. The van der Waals surface area contributed by atoms with E-state index in [1.54, 1.807) is 12.3 Å². The van der Waals surface area contributed by atoms with E-state index in [0.717, 1.165) is 0 Å². The molecule has 4 heteroatoms. The molecule has 0 aliphatic rings. The topological polar surface area (TPSA) is 42.4 Å². The van der Waals surface area contributed by atoms with Gasteiger partial charge >= 0.3 is 0 Å². The highest BCUT2D eigenvalue weighted by molar-refractivity contribution is 5.70. The van der Waals surface area contributed by atoms with Crippen LogP contribution in [-0.2, 0) is 0 Å². The SMILES string of the molecule is COc1cncc(-c2cc(F)ccc2O)c1. The highest BCUT2D eigenvalue weighted by Gasteiger charge is 2.07. The van der Waals surface area contributed by atoms with E-state index in [4.69, 9.17) is 4.74 Å². The maximum absolute atomic E-state index is 13.1. The molecule has 1 heterocycles. The number of aromatic nitrogens is 1. The van der Waals surface area contributed by atoms with Gasteiger partial charge in [-0.25, -0.2) is 4.39 Å². The summed E-state index contributed by atoms with van der Waals surface area (Å²) in [6.45, 7) is 0. The molecular formula is C12H10FNO2. The van der Waals surface area contributed by atoms with Crippen molar-refractivity contribution < 1.29 is 14.2 Å². The van der Waals surface area contributed by atoms with Crippen molar-refractivity contribution in [3.05, 3.63) is 42.5 Å². The van der Waals surface area contributed by atoms with Gasteiger partial charge in [-0.1, -0.05) is 0 Å². The van der Waals surface area contributed by atoms with Gasteiger partial charge in [-0.15, -0.1) is 0 Å². The van der Waals surface area contributed by atoms with Crippen molar-refractivity contribution in [3.8, 4) is 22.6 Å². The number of phenols is 1. The van der Waals surface area contributed by atoms with Crippen LogP contribution in [0.5, 0.6) is 11.5 Å². The summed E-state index contributed by atoms with van der Waals surface area (Å²) in [5, 5.41) is 9.62. The quantitative estimate of drug-likeness (QED) is 0.844. The van der Waals surface area contributed by atoms with Crippen LogP contribution >= 0.6 is 0 Å². The molecule has 0 fully saturated rings. The Morgan fingerprint density at radius 1 is 1.25 bits per heavy atom. The standard InChI is InChI=1S/C12H10FNO2/c1-16-10-4-8(6-14-7-10)11-5-9(13)2-3-12(11)15/h2-7,15H,1H3. The minimum atomic E-state index is -0.407. The van der Waals surface area contributed by atoms with Gasteiger partial charge in [0.25, 0.3) is 0 Å². The highest BCUT2D eigenvalue weighted by Crippen LogP contribution is 2.30. The molecule has 0 atom stereocenters. The summed E-state index contributed by atoms with van der Waals surface area (Å²) in [6.07, 6.45) is 3.08. The van der Waals surface area contributed by atoms with Crippen molar-refractivity contribution in [1.29, 1.82) is 0 Å². The first-order chi connectivity index (χ1) is 7.70. The summed E-state index contributed by atoms with van der Waals surface area (Å²) in [5.41, 5.74) is 1.00. The van der Waals surface area contributed by atoms with E-state index in [9.17, 15) is 9.50 Å². The van der Waals surface area contributed by atoms with Crippen LogP contribution in [0.2, 0.25) is 0 Å². The van der Waals surface area contributed by atoms with Crippen LogP contribution in [0.3, 0.4) is 0 Å². The van der Waals surface area contributed by atoms with Crippen molar-refractivity contribution >= 4 is 0 Å². The lowest BCUT2D eigenvalue weighted by Gasteiger charge is -2.06. The maximum atomic E-state index is 13.1. The Morgan fingerprint density at radius 2 is 2.06 bits per heavy atom. The van der Waals surface area contributed by atoms with Crippen molar-refractivity contribution in [1.82, 2.24) is 4.98 Å². The van der Waals surface area contributed by atoms with E-state index in [2.05, 4.69) is 4.98 Å². The molecule has 3 nitrogen and oxygen atoms in total. The number of rotatable bonds is 2. The van der Waals surface area contributed by atoms with Crippen LogP contribution in [0.25, 0.3) is 11.1 Å². The number of hydrogen-bond donors (Lipinski definition) is 1. The third-order valence-electron chi connectivity index (χ3n) is 2.22. The zero-order valence-corrected chi connectivity index (χ0v) is 8.64. The van der Waals surface area contributed by atoms with Gasteiger partial charge in [-0.05, 0) is 24.3 Å². The van der Waals surface area contributed by atoms with E-state index < -0.39 is 5.82 Å². The lowest BCUT2D eigenvalue weighted by molar-refractivity contribution is 0.413. The first kappa shape index (κ1) is 10.4. The van der Waals surface area contributed by atoms with Gasteiger partial charge in [-0.3, -0.25) is 4.98 Å². The second-order valence-electron chi connectivity index (χ2n) is 3.27. The molecule has 1 aromatic carbocycles. The number of hydrogen-bond acceptors (Lipinski definition) is 3. The average molecular weight is 219 g/mol. The lowest BCUT2D eigenvalue weighted by Crippen LogP contribution is -1.87. The van der Waals surface area contributed by atoms with Gasteiger partial charge in [-0.2, -0.15) is 0 Å². The molecule has 0 saturated carbocycles. The van der Waals surface area contributed by atoms with Crippen LogP contribution < -0.4 is 4.74 Å². The second kappa shape index (κ2) is 4.18. The van der Waals surface area contributed by atoms with Crippen LogP contribution in [0.1, 0.15) is 0 Å². The normalized spacial score (nSPS) is 10.1. The van der Waals surface area contributed by atoms with Crippen molar-refractivity contribution in [3.63, 3.8) is 0 Å². The van der Waals surface area contributed by atoms with Crippen molar-refractivity contribution in [2.24, 2.45) is 0 Å². The van der Waals surface area contributed by atoms with Crippen molar-refractivity contribution in [2.45, 2.75) is 0 Å². The molecule has 0 spiro atoms.